The molecule has 0 radical (unpaired) electrons. The predicted octanol–water partition coefficient (Wildman–Crippen LogP) is 4.66. The van der Waals surface area contributed by atoms with Gasteiger partial charge in [0.05, 0.1) is 12.2 Å². The first-order valence-electron chi connectivity index (χ1n) is 14.3. The van der Waals surface area contributed by atoms with Crippen LogP contribution in [0, 0.1) is 0 Å². The SMILES string of the molecule is CCn1cc(-c2ccc3c(c2)C[C@@H](C)N(CC(C)(C)F)[C@@H]3c2ccc(OCCNC/C=C/C(=O)N(C)C)nc2)cn1. The summed E-state index contributed by atoms with van der Waals surface area (Å²) >= 11 is 0. The first-order chi connectivity index (χ1) is 19.6. The molecule has 1 amide bonds. The van der Waals surface area contributed by atoms with Gasteiger partial charge in [-0.05, 0) is 56.4 Å². The van der Waals surface area contributed by atoms with Gasteiger partial charge >= 0.3 is 0 Å². The Kier molecular flexibility index (Phi) is 9.94. The summed E-state index contributed by atoms with van der Waals surface area (Å²) in [4.78, 5) is 19.9. The van der Waals surface area contributed by atoms with E-state index in [-0.39, 0.29) is 18.0 Å². The van der Waals surface area contributed by atoms with Gasteiger partial charge in [-0.15, -0.1) is 0 Å². The Morgan fingerprint density at radius 2 is 2.02 bits per heavy atom. The molecule has 2 atom stereocenters. The highest BCUT2D eigenvalue weighted by molar-refractivity contribution is 5.87. The molecule has 3 aromatic rings. The van der Waals surface area contributed by atoms with Crippen molar-refractivity contribution < 1.29 is 13.9 Å². The average Bonchev–Trinajstić information content (AvgIpc) is 3.42. The van der Waals surface area contributed by atoms with Crippen LogP contribution >= 0.6 is 0 Å². The topological polar surface area (TPSA) is 75.5 Å². The van der Waals surface area contributed by atoms with Crippen LogP contribution in [-0.2, 0) is 17.8 Å². The van der Waals surface area contributed by atoms with Gasteiger partial charge in [0, 0.05) is 76.4 Å². The number of halogens is 1. The highest BCUT2D eigenvalue weighted by Gasteiger charge is 2.36. The summed E-state index contributed by atoms with van der Waals surface area (Å²) in [6.45, 7) is 10.3. The molecule has 1 aliphatic heterocycles. The maximum Gasteiger partial charge on any atom is 0.245 e. The molecule has 0 unspecified atom stereocenters. The average molecular weight is 563 g/mol. The van der Waals surface area contributed by atoms with E-state index >= 15 is 4.39 Å². The summed E-state index contributed by atoms with van der Waals surface area (Å²) in [5.41, 5.74) is 4.36. The second kappa shape index (κ2) is 13.4. The van der Waals surface area contributed by atoms with Crippen LogP contribution in [0.3, 0.4) is 0 Å². The summed E-state index contributed by atoms with van der Waals surface area (Å²) in [6.07, 6.45) is 10.0. The molecule has 220 valence electrons. The number of amides is 1. The zero-order valence-electron chi connectivity index (χ0n) is 25.1. The minimum Gasteiger partial charge on any atom is -0.476 e. The van der Waals surface area contributed by atoms with Gasteiger partial charge in [0.15, 0.2) is 0 Å². The largest absolute Gasteiger partial charge is 0.476 e. The van der Waals surface area contributed by atoms with Crippen molar-refractivity contribution in [3.05, 3.63) is 77.8 Å². The number of likely N-dealkylation sites (N-methyl/N-ethyl adjacent to an activating group) is 1. The number of rotatable bonds is 12. The molecule has 0 spiro atoms. The third-order valence-electron chi connectivity index (χ3n) is 7.27. The summed E-state index contributed by atoms with van der Waals surface area (Å²) in [7, 11) is 3.44. The second-order valence-corrected chi connectivity index (χ2v) is 11.5. The van der Waals surface area contributed by atoms with Crippen molar-refractivity contribution in [2.75, 3.05) is 40.3 Å². The number of hydrogen-bond acceptors (Lipinski definition) is 6. The number of nitrogens with zero attached hydrogens (tertiary/aromatic N) is 5. The standard InChI is InChI=1S/C32H43FN6O2/c1-7-38-21-27(20-36-38)24-10-12-28-26(18-24)17-23(2)39(22-32(3,4)33)31(28)25-11-13-29(35-19-25)41-16-15-34-14-8-9-30(40)37(5)6/h8-13,18-21,23,31,34H,7,14-17,22H2,1-6H3/b9-8+/t23-,31-/m1/s1. The zero-order chi connectivity index (χ0) is 29.6. The van der Waals surface area contributed by atoms with E-state index in [4.69, 9.17) is 4.74 Å². The molecule has 9 heteroatoms. The van der Waals surface area contributed by atoms with E-state index < -0.39 is 5.67 Å². The van der Waals surface area contributed by atoms with Crippen LogP contribution in [0.4, 0.5) is 4.39 Å². The molecule has 4 rings (SSSR count). The van der Waals surface area contributed by atoms with Crippen LogP contribution in [0.5, 0.6) is 5.88 Å². The van der Waals surface area contributed by atoms with Crippen molar-refractivity contribution in [1.82, 2.24) is 29.9 Å². The van der Waals surface area contributed by atoms with Gasteiger partial charge in [-0.2, -0.15) is 5.10 Å². The van der Waals surface area contributed by atoms with Crippen molar-refractivity contribution in [3.63, 3.8) is 0 Å². The van der Waals surface area contributed by atoms with Gasteiger partial charge in [0.25, 0.3) is 0 Å². The van der Waals surface area contributed by atoms with Crippen molar-refractivity contribution in [3.8, 4) is 17.0 Å². The van der Waals surface area contributed by atoms with E-state index in [1.54, 1.807) is 40.1 Å². The minimum absolute atomic E-state index is 0.0413. The summed E-state index contributed by atoms with van der Waals surface area (Å²) in [5.74, 6) is 0.499. The Bertz CT molecular complexity index is 1330. The molecule has 0 aliphatic carbocycles. The number of aryl methyl sites for hydroxylation is 1. The first kappa shape index (κ1) is 30.4. The molecule has 0 saturated heterocycles. The number of ether oxygens (including phenoxy) is 1. The maximum atomic E-state index is 15.0. The van der Waals surface area contributed by atoms with E-state index in [9.17, 15) is 4.79 Å². The van der Waals surface area contributed by atoms with Crippen LogP contribution in [-0.4, -0.2) is 82.5 Å². The van der Waals surface area contributed by atoms with Gasteiger partial charge < -0.3 is 15.0 Å². The first-order valence-corrected chi connectivity index (χ1v) is 14.3. The number of fused-ring (bicyclic) bond motifs is 1. The van der Waals surface area contributed by atoms with Crippen LogP contribution in [0.2, 0.25) is 0 Å². The summed E-state index contributed by atoms with van der Waals surface area (Å²) in [5, 5.41) is 7.66. The maximum absolute atomic E-state index is 15.0. The zero-order valence-corrected chi connectivity index (χ0v) is 25.1. The Morgan fingerprint density at radius 1 is 1.22 bits per heavy atom. The molecule has 41 heavy (non-hydrogen) atoms. The van der Waals surface area contributed by atoms with Crippen LogP contribution in [0.1, 0.15) is 50.4 Å². The normalized spacial score (nSPS) is 17.5. The molecular formula is C32H43FN6O2. The molecule has 0 fully saturated rings. The number of pyridine rings is 1. The number of benzene rings is 1. The molecule has 1 aromatic carbocycles. The van der Waals surface area contributed by atoms with E-state index in [2.05, 4.69) is 58.5 Å². The Labute approximate surface area is 243 Å². The quantitative estimate of drug-likeness (QED) is 0.256. The fourth-order valence-electron chi connectivity index (χ4n) is 5.20. The van der Waals surface area contributed by atoms with E-state index in [0.29, 0.717) is 32.1 Å². The van der Waals surface area contributed by atoms with E-state index in [1.165, 1.54) is 16.0 Å². The fourth-order valence-corrected chi connectivity index (χ4v) is 5.20. The number of alkyl halides is 1. The second-order valence-electron chi connectivity index (χ2n) is 11.5. The molecule has 0 saturated carbocycles. The van der Waals surface area contributed by atoms with E-state index in [1.807, 2.05) is 29.2 Å². The van der Waals surface area contributed by atoms with Crippen molar-refractivity contribution >= 4 is 5.91 Å². The Hall–Kier alpha value is -3.56. The lowest BCUT2D eigenvalue weighted by molar-refractivity contribution is -0.123. The van der Waals surface area contributed by atoms with Gasteiger partial charge in [0.1, 0.15) is 12.3 Å². The summed E-state index contributed by atoms with van der Waals surface area (Å²) < 4.78 is 22.8. The molecule has 1 aliphatic rings. The van der Waals surface area contributed by atoms with Crippen molar-refractivity contribution in [2.24, 2.45) is 0 Å². The molecule has 3 heterocycles. The molecule has 8 nitrogen and oxygen atoms in total. The lowest BCUT2D eigenvalue weighted by atomic mass is 9.83. The lowest BCUT2D eigenvalue weighted by Gasteiger charge is -2.44. The van der Waals surface area contributed by atoms with Gasteiger partial charge in [-0.1, -0.05) is 30.3 Å². The third kappa shape index (κ3) is 8.01. The molecule has 0 bridgehead atoms. The van der Waals surface area contributed by atoms with Crippen molar-refractivity contribution in [1.29, 1.82) is 0 Å². The van der Waals surface area contributed by atoms with Crippen LogP contribution in [0.25, 0.3) is 11.1 Å². The molecule has 1 N–H and O–H groups in total. The fraction of sp³-hybridized carbons (Fsp3) is 0.469. The Balaban J connectivity index is 1.48. The van der Waals surface area contributed by atoms with Crippen LogP contribution in [0.15, 0.2) is 61.1 Å². The molecular weight excluding hydrogens is 519 g/mol. The van der Waals surface area contributed by atoms with Crippen molar-refractivity contribution in [2.45, 2.75) is 58.4 Å². The smallest absolute Gasteiger partial charge is 0.245 e. The number of hydrogen-bond donors (Lipinski definition) is 1. The number of aromatic nitrogens is 3. The minimum atomic E-state index is -1.34. The monoisotopic (exact) mass is 562 g/mol. The third-order valence-corrected chi connectivity index (χ3v) is 7.27. The highest BCUT2D eigenvalue weighted by atomic mass is 19.1. The highest BCUT2D eigenvalue weighted by Crippen LogP contribution is 2.40. The summed E-state index contributed by atoms with van der Waals surface area (Å²) in [6, 6.07) is 10.5. The molecule has 2 aromatic heterocycles. The van der Waals surface area contributed by atoms with E-state index in [0.717, 1.165) is 29.7 Å². The van der Waals surface area contributed by atoms with Gasteiger partial charge in [-0.25, -0.2) is 9.37 Å². The lowest BCUT2D eigenvalue weighted by Crippen LogP contribution is -2.47. The number of carbonyl (C=O) groups excluding carboxylic acids is 1. The number of nitrogens with one attached hydrogen (secondary N) is 1. The Morgan fingerprint density at radius 3 is 2.68 bits per heavy atom. The van der Waals surface area contributed by atoms with Gasteiger partial charge in [0.2, 0.25) is 11.8 Å². The van der Waals surface area contributed by atoms with Gasteiger partial charge in [-0.3, -0.25) is 14.4 Å². The van der Waals surface area contributed by atoms with Crippen LogP contribution < -0.4 is 10.1 Å². The predicted molar refractivity (Wildman–Crippen MR) is 161 cm³/mol. The number of carbonyl (C=O) groups is 1.